The maximum absolute atomic E-state index is 12.9. The number of nitrogens with one attached hydrogen (secondary N) is 1. The Morgan fingerprint density at radius 1 is 0.833 bits per heavy atom. The van der Waals surface area contributed by atoms with Gasteiger partial charge in [0, 0.05) is 10.8 Å². The molecule has 0 aliphatic heterocycles. The van der Waals surface area contributed by atoms with Gasteiger partial charge in [-0.3, -0.25) is 13.5 Å². The van der Waals surface area contributed by atoms with Crippen molar-refractivity contribution in [2.75, 3.05) is 12.4 Å². The summed E-state index contributed by atoms with van der Waals surface area (Å²) in [5.74, 6) is -1.80. The minimum absolute atomic E-state index is 0.0185. The molecular formula is C28H21N3O9S2. The summed E-state index contributed by atoms with van der Waals surface area (Å²) in [5, 5.41) is 32.5. The second-order valence-electron chi connectivity index (χ2n) is 8.88. The summed E-state index contributed by atoms with van der Waals surface area (Å²) in [6.07, 6.45) is 0. The zero-order valence-corrected chi connectivity index (χ0v) is 23.2. The van der Waals surface area contributed by atoms with Crippen molar-refractivity contribution in [2.24, 2.45) is 10.2 Å². The number of anilines is 1. The van der Waals surface area contributed by atoms with Crippen molar-refractivity contribution in [3.05, 3.63) is 90.5 Å². The highest BCUT2D eigenvalue weighted by Gasteiger charge is 2.26. The molecule has 0 bridgehead atoms. The summed E-state index contributed by atoms with van der Waals surface area (Å²) in [5.41, 5.74) is -1.00. The third-order valence-corrected chi connectivity index (χ3v) is 8.57. The molecule has 0 heterocycles. The van der Waals surface area contributed by atoms with E-state index in [1.54, 1.807) is 24.3 Å². The Bertz CT molecular complexity index is 2150. The first-order valence-electron chi connectivity index (χ1n) is 12.0. The molecule has 0 saturated heterocycles. The van der Waals surface area contributed by atoms with Crippen LogP contribution in [0.3, 0.4) is 0 Å². The van der Waals surface area contributed by atoms with E-state index in [1.807, 2.05) is 0 Å². The number of phenols is 2. The number of benzene rings is 5. The van der Waals surface area contributed by atoms with Crippen LogP contribution in [0, 0.1) is 0 Å². The van der Waals surface area contributed by atoms with Gasteiger partial charge in [0.1, 0.15) is 26.9 Å². The van der Waals surface area contributed by atoms with Gasteiger partial charge >= 0.3 is 0 Å². The van der Waals surface area contributed by atoms with E-state index in [-0.39, 0.29) is 43.7 Å². The molecule has 14 heteroatoms. The fourth-order valence-electron chi connectivity index (χ4n) is 4.41. The average Bonchev–Trinajstić information content (AvgIpc) is 2.95. The molecule has 0 aromatic heterocycles. The third kappa shape index (κ3) is 5.26. The monoisotopic (exact) mass is 607 g/mol. The Morgan fingerprint density at radius 3 is 2.24 bits per heavy atom. The molecule has 5 aromatic rings. The van der Waals surface area contributed by atoms with Crippen molar-refractivity contribution in [1.82, 2.24) is 0 Å². The number of carbonyl (C=O) groups excluding carboxylic acids is 1. The Labute approximate surface area is 239 Å². The molecule has 0 aliphatic carbocycles. The lowest BCUT2D eigenvalue weighted by atomic mass is 10.1. The van der Waals surface area contributed by atoms with Crippen LogP contribution in [0.1, 0.15) is 10.4 Å². The molecule has 42 heavy (non-hydrogen) atoms. The van der Waals surface area contributed by atoms with Gasteiger partial charge in [0.05, 0.1) is 18.4 Å². The topological polar surface area (TPSA) is 192 Å². The van der Waals surface area contributed by atoms with Crippen LogP contribution in [0.15, 0.2) is 105 Å². The molecule has 0 fully saturated rings. The summed E-state index contributed by atoms with van der Waals surface area (Å²) in [4.78, 5) is 11.7. The zero-order chi connectivity index (χ0) is 30.2. The van der Waals surface area contributed by atoms with Gasteiger partial charge in [-0.05, 0) is 41.1 Å². The van der Waals surface area contributed by atoms with Crippen molar-refractivity contribution in [2.45, 2.75) is 9.79 Å². The van der Waals surface area contributed by atoms with Crippen molar-refractivity contribution in [1.29, 1.82) is 0 Å². The fraction of sp³-hybridized carbons (Fsp3) is 0.0357. The Morgan fingerprint density at radius 2 is 1.52 bits per heavy atom. The fourth-order valence-corrected chi connectivity index (χ4v) is 6.06. The van der Waals surface area contributed by atoms with Gasteiger partial charge in [0.25, 0.3) is 26.1 Å². The van der Waals surface area contributed by atoms with Crippen molar-refractivity contribution in [3.63, 3.8) is 0 Å². The van der Waals surface area contributed by atoms with E-state index in [4.69, 9.17) is 4.18 Å². The third-order valence-electron chi connectivity index (χ3n) is 6.34. The van der Waals surface area contributed by atoms with Crippen LogP contribution in [-0.2, 0) is 24.4 Å². The average molecular weight is 608 g/mol. The number of rotatable bonds is 7. The van der Waals surface area contributed by atoms with Crippen LogP contribution < -0.4 is 5.32 Å². The predicted molar refractivity (Wildman–Crippen MR) is 154 cm³/mol. The zero-order valence-electron chi connectivity index (χ0n) is 21.6. The molecule has 5 rings (SSSR count). The van der Waals surface area contributed by atoms with Gasteiger partial charge in [0.15, 0.2) is 5.75 Å². The first-order valence-corrected chi connectivity index (χ1v) is 14.9. The van der Waals surface area contributed by atoms with E-state index in [0.29, 0.717) is 5.39 Å². The smallest absolute Gasteiger partial charge is 0.299 e. The number of hydrogen-bond acceptors (Lipinski definition) is 10. The van der Waals surface area contributed by atoms with Crippen LogP contribution in [0.2, 0.25) is 0 Å². The van der Waals surface area contributed by atoms with Gasteiger partial charge in [-0.25, -0.2) is 0 Å². The van der Waals surface area contributed by atoms with Gasteiger partial charge < -0.3 is 15.5 Å². The van der Waals surface area contributed by atoms with Crippen LogP contribution in [0.5, 0.6) is 11.5 Å². The first-order chi connectivity index (χ1) is 19.9. The predicted octanol–water partition coefficient (Wildman–Crippen LogP) is 5.65. The van der Waals surface area contributed by atoms with E-state index in [0.717, 1.165) is 13.2 Å². The molecule has 12 nitrogen and oxygen atoms in total. The van der Waals surface area contributed by atoms with E-state index < -0.39 is 42.5 Å². The number of phenolic OH excluding ortho intramolecular Hbond substituents is 2. The summed E-state index contributed by atoms with van der Waals surface area (Å²) in [6, 6.07) is 20.5. The van der Waals surface area contributed by atoms with E-state index in [9.17, 15) is 36.4 Å². The summed E-state index contributed by atoms with van der Waals surface area (Å²) in [6.45, 7) is 0. The molecule has 0 spiro atoms. The molecule has 5 aromatic carbocycles. The number of carbonyl (C=O) groups is 1. The number of amides is 1. The molecule has 1 amide bonds. The molecule has 214 valence electrons. The van der Waals surface area contributed by atoms with E-state index in [1.165, 1.54) is 54.6 Å². The minimum Gasteiger partial charge on any atom is -0.507 e. The van der Waals surface area contributed by atoms with Gasteiger partial charge in [-0.15, -0.1) is 10.2 Å². The van der Waals surface area contributed by atoms with Crippen molar-refractivity contribution >= 4 is 64.8 Å². The summed E-state index contributed by atoms with van der Waals surface area (Å²) < 4.78 is 65.0. The van der Waals surface area contributed by atoms with Crippen LogP contribution in [0.4, 0.5) is 17.1 Å². The lowest BCUT2D eigenvalue weighted by Gasteiger charge is -2.14. The van der Waals surface area contributed by atoms with Gasteiger partial charge in [-0.2, -0.15) is 16.8 Å². The lowest BCUT2D eigenvalue weighted by molar-refractivity contribution is 0.102. The summed E-state index contributed by atoms with van der Waals surface area (Å²) >= 11 is 0. The van der Waals surface area contributed by atoms with Crippen LogP contribution in [0.25, 0.3) is 21.5 Å². The van der Waals surface area contributed by atoms with E-state index >= 15 is 0 Å². The molecule has 0 unspecified atom stereocenters. The number of nitrogens with zero attached hydrogens (tertiary/aromatic N) is 2. The van der Waals surface area contributed by atoms with Crippen LogP contribution >= 0.6 is 0 Å². The van der Waals surface area contributed by atoms with E-state index in [2.05, 4.69) is 15.5 Å². The molecule has 4 N–H and O–H groups in total. The Balaban J connectivity index is 1.72. The molecular weight excluding hydrogens is 586 g/mol. The Kier molecular flexibility index (Phi) is 7.38. The van der Waals surface area contributed by atoms with Crippen molar-refractivity contribution in [3.8, 4) is 11.5 Å². The normalized spacial score (nSPS) is 12.2. The number of para-hydroxylation sites is 1. The molecule has 0 atom stereocenters. The SMILES string of the molecule is COS(=O)(=O)c1c(N=Nc2c(S(=O)(=O)O)cc3cccc(NC(=O)c4ccccc4O)c3c2O)ccc2ccccc12. The standard InChI is InChI=1S/C28H21N3O9S2/c1-40-42(38,39)27-18-9-3-2-7-16(18)13-14-21(27)30-31-25-23(41(35,36)37)15-17-8-6-11-20(24(17)26(25)33)29-28(34)19-10-4-5-12-22(19)32/h2-15,32-33H,1H3,(H,29,34)(H,35,36,37). The highest BCUT2D eigenvalue weighted by atomic mass is 32.2. The first kappa shape index (κ1) is 28.6. The molecule has 0 radical (unpaired) electrons. The molecule has 0 aliphatic rings. The largest absolute Gasteiger partial charge is 0.507 e. The Hall–Kier alpha value is -4.89. The minimum atomic E-state index is -4.99. The number of azo groups is 1. The second-order valence-corrected chi connectivity index (χ2v) is 11.9. The number of aromatic hydroxyl groups is 2. The highest BCUT2D eigenvalue weighted by Crippen LogP contribution is 2.45. The maximum Gasteiger partial charge on any atom is 0.299 e. The van der Waals surface area contributed by atoms with Crippen LogP contribution in [-0.4, -0.2) is 44.6 Å². The maximum atomic E-state index is 12.9. The van der Waals surface area contributed by atoms with Gasteiger partial charge in [-0.1, -0.05) is 54.6 Å². The van der Waals surface area contributed by atoms with Gasteiger partial charge in [0.2, 0.25) is 0 Å². The highest BCUT2D eigenvalue weighted by molar-refractivity contribution is 7.87. The summed E-state index contributed by atoms with van der Waals surface area (Å²) in [7, 11) is -8.37. The number of hydrogen-bond donors (Lipinski definition) is 4. The quantitative estimate of drug-likeness (QED) is 0.103. The number of fused-ring (bicyclic) bond motifs is 2. The second kappa shape index (κ2) is 10.8. The molecule has 0 saturated carbocycles. The lowest BCUT2D eigenvalue weighted by Crippen LogP contribution is -2.12. The van der Waals surface area contributed by atoms with Crippen molar-refractivity contribution < 1.29 is 40.6 Å².